The zero-order valence-electron chi connectivity index (χ0n) is 19.1. The summed E-state index contributed by atoms with van der Waals surface area (Å²) >= 11 is 1.74. The van der Waals surface area contributed by atoms with Gasteiger partial charge in [-0.2, -0.15) is 11.3 Å². The van der Waals surface area contributed by atoms with Crippen LogP contribution in [0.3, 0.4) is 0 Å². The molecule has 0 aliphatic heterocycles. The van der Waals surface area contributed by atoms with E-state index < -0.39 is 0 Å². The van der Waals surface area contributed by atoms with Crippen molar-refractivity contribution in [2.75, 3.05) is 0 Å². The second-order valence-corrected chi connectivity index (χ2v) is 9.96. The Morgan fingerprint density at radius 1 is 0.935 bits per heavy atom. The van der Waals surface area contributed by atoms with Gasteiger partial charge in [-0.15, -0.1) is 0 Å². The van der Waals surface area contributed by atoms with E-state index in [-0.39, 0.29) is 5.41 Å². The van der Waals surface area contributed by atoms with E-state index in [9.17, 15) is 0 Å². The second kappa shape index (κ2) is 11.0. The van der Waals surface area contributed by atoms with E-state index >= 15 is 0 Å². The van der Waals surface area contributed by atoms with Crippen LogP contribution in [0.4, 0.5) is 0 Å². The average Bonchev–Trinajstić information content (AvgIpc) is 3.27. The number of allylic oxidation sites excluding steroid dienone is 2. The van der Waals surface area contributed by atoms with Gasteiger partial charge < -0.3 is 0 Å². The summed E-state index contributed by atoms with van der Waals surface area (Å²) in [4.78, 5) is 0. The minimum atomic E-state index is 0.0646. The van der Waals surface area contributed by atoms with Crippen molar-refractivity contribution in [3.8, 4) is 23.0 Å². The molecule has 0 aliphatic rings. The van der Waals surface area contributed by atoms with Gasteiger partial charge in [0.25, 0.3) is 0 Å². The van der Waals surface area contributed by atoms with E-state index in [2.05, 4.69) is 123 Å². The Morgan fingerprint density at radius 3 is 2.39 bits per heavy atom. The predicted octanol–water partition coefficient (Wildman–Crippen LogP) is 8.76. The third-order valence-electron chi connectivity index (χ3n) is 4.93. The lowest BCUT2D eigenvalue weighted by Gasteiger charge is -2.09. The maximum absolute atomic E-state index is 3.25. The summed E-state index contributed by atoms with van der Waals surface area (Å²) in [5.41, 5.74) is 6.48. The Labute approximate surface area is 192 Å². The number of hydrogen-bond donors (Lipinski definition) is 0. The molecule has 0 saturated carbocycles. The Balaban J connectivity index is 1.59. The van der Waals surface area contributed by atoms with E-state index in [0.29, 0.717) is 5.92 Å². The molecular formula is C30H32S. The van der Waals surface area contributed by atoms with Crippen LogP contribution in [0.2, 0.25) is 0 Å². The van der Waals surface area contributed by atoms with Crippen LogP contribution < -0.4 is 0 Å². The molecule has 0 bridgehead atoms. The molecule has 0 radical (unpaired) electrons. The Kier molecular flexibility index (Phi) is 8.10. The van der Waals surface area contributed by atoms with Crippen LogP contribution in [0.25, 0.3) is 23.3 Å². The van der Waals surface area contributed by atoms with Gasteiger partial charge in [0.1, 0.15) is 0 Å². The van der Waals surface area contributed by atoms with Crippen LogP contribution >= 0.6 is 11.3 Å². The van der Waals surface area contributed by atoms with Gasteiger partial charge in [-0.25, -0.2) is 0 Å². The van der Waals surface area contributed by atoms with E-state index in [1.807, 2.05) is 6.08 Å². The van der Waals surface area contributed by atoms with Crippen molar-refractivity contribution in [3.63, 3.8) is 0 Å². The highest BCUT2D eigenvalue weighted by atomic mass is 32.1. The maximum Gasteiger partial charge on any atom is 0.0233 e. The van der Waals surface area contributed by atoms with Crippen molar-refractivity contribution in [1.82, 2.24) is 0 Å². The van der Waals surface area contributed by atoms with Gasteiger partial charge in [-0.05, 0) is 96.3 Å². The topological polar surface area (TPSA) is 0 Å². The van der Waals surface area contributed by atoms with Gasteiger partial charge in [-0.1, -0.05) is 79.5 Å². The van der Waals surface area contributed by atoms with Crippen LogP contribution in [0.5, 0.6) is 0 Å². The molecule has 1 heteroatoms. The van der Waals surface area contributed by atoms with Gasteiger partial charge in [0.05, 0.1) is 0 Å². The van der Waals surface area contributed by atoms with Crippen LogP contribution in [0, 0.1) is 23.2 Å². The van der Waals surface area contributed by atoms with Crippen molar-refractivity contribution in [3.05, 3.63) is 94.2 Å². The van der Waals surface area contributed by atoms with Crippen LogP contribution in [-0.2, 0) is 6.42 Å². The van der Waals surface area contributed by atoms with E-state index in [1.165, 1.54) is 27.8 Å². The maximum atomic E-state index is 3.25. The van der Waals surface area contributed by atoms with E-state index in [0.717, 1.165) is 12.8 Å². The van der Waals surface area contributed by atoms with Crippen LogP contribution in [0.15, 0.2) is 77.5 Å². The molecule has 1 unspecified atom stereocenters. The summed E-state index contributed by atoms with van der Waals surface area (Å²) in [5.74, 6) is 7.00. The molecule has 0 nitrogen and oxygen atoms in total. The van der Waals surface area contributed by atoms with Crippen molar-refractivity contribution in [2.45, 2.75) is 40.5 Å². The first-order valence-corrected chi connectivity index (χ1v) is 11.9. The first-order valence-electron chi connectivity index (χ1n) is 11.0. The van der Waals surface area contributed by atoms with Gasteiger partial charge in [0.15, 0.2) is 0 Å². The molecule has 3 rings (SSSR count). The fourth-order valence-corrected chi connectivity index (χ4v) is 4.03. The third-order valence-corrected chi connectivity index (χ3v) is 5.61. The molecule has 1 heterocycles. The molecule has 2 aromatic carbocycles. The predicted molar refractivity (Wildman–Crippen MR) is 139 cm³/mol. The van der Waals surface area contributed by atoms with E-state index in [1.54, 1.807) is 11.3 Å². The minimum Gasteiger partial charge on any atom is -0.152 e. The first kappa shape index (κ1) is 22.9. The Morgan fingerprint density at radius 2 is 1.68 bits per heavy atom. The summed E-state index contributed by atoms with van der Waals surface area (Å²) in [6.45, 7) is 8.72. The molecule has 0 aliphatic carbocycles. The molecule has 3 aromatic rings. The minimum absolute atomic E-state index is 0.0646. The quantitative estimate of drug-likeness (QED) is 0.263. The Bertz CT molecular complexity index is 1080. The molecule has 0 amide bonds. The smallest absolute Gasteiger partial charge is 0.0233 e. The SMILES string of the molecule is CC(CC=CC#CC(C)(C)C)Cc1cccc(C=Cc2cccc(-c3ccsc3)c2)c1. The zero-order chi connectivity index (χ0) is 22.1. The van der Waals surface area contributed by atoms with Crippen molar-refractivity contribution >= 4 is 23.5 Å². The molecule has 0 N–H and O–H groups in total. The molecule has 0 spiro atoms. The largest absolute Gasteiger partial charge is 0.152 e. The lowest BCUT2D eigenvalue weighted by molar-refractivity contribution is 0.571. The highest BCUT2D eigenvalue weighted by molar-refractivity contribution is 7.08. The molecule has 0 saturated heterocycles. The molecule has 1 aromatic heterocycles. The molecule has 0 fully saturated rings. The highest BCUT2D eigenvalue weighted by Gasteiger charge is 2.04. The van der Waals surface area contributed by atoms with Gasteiger partial charge in [0, 0.05) is 5.41 Å². The number of benzene rings is 2. The summed E-state index contributed by atoms with van der Waals surface area (Å²) < 4.78 is 0. The Hall–Kier alpha value is -2.82. The highest BCUT2D eigenvalue weighted by Crippen LogP contribution is 2.24. The van der Waals surface area contributed by atoms with Crippen molar-refractivity contribution in [1.29, 1.82) is 0 Å². The van der Waals surface area contributed by atoms with Crippen LogP contribution in [0.1, 0.15) is 50.8 Å². The molecule has 1 atom stereocenters. The molecule has 158 valence electrons. The van der Waals surface area contributed by atoms with Gasteiger partial charge in [-0.3, -0.25) is 0 Å². The molecule has 31 heavy (non-hydrogen) atoms. The fraction of sp³-hybridized carbons (Fsp3) is 0.267. The number of hydrogen-bond acceptors (Lipinski definition) is 1. The number of thiophene rings is 1. The standard InChI is InChI=1S/C30H32S/c1-24(10-6-5-7-18-30(2,3)4)20-27-13-8-11-25(21-27)15-16-26-12-9-14-28(22-26)29-17-19-31-23-29/h5-6,8-9,11-17,19,21-24H,10,20H2,1-4H3. The van der Waals surface area contributed by atoms with E-state index in [4.69, 9.17) is 0 Å². The first-order chi connectivity index (χ1) is 14.9. The normalized spacial score (nSPS) is 12.8. The summed E-state index contributed by atoms with van der Waals surface area (Å²) in [6.07, 6.45) is 10.7. The summed E-state index contributed by atoms with van der Waals surface area (Å²) in [6, 6.07) is 19.8. The van der Waals surface area contributed by atoms with Crippen LogP contribution in [-0.4, -0.2) is 0 Å². The zero-order valence-corrected chi connectivity index (χ0v) is 19.9. The second-order valence-electron chi connectivity index (χ2n) is 9.18. The van der Waals surface area contributed by atoms with Crippen molar-refractivity contribution in [2.24, 2.45) is 11.3 Å². The number of rotatable bonds is 7. The monoisotopic (exact) mass is 424 g/mol. The van der Waals surface area contributed by atoms with Crippen molar-refractivity contribution < 1.29 is 0 Å². The summed E-state index contributed by atoms with van der Waals surface area (Å²) in [7, 11) is 0. The lowest BCUT2D eigenvalue weighted by atomic mass is 9.96. The summed E-state index contributed by atoms with van der Waals surface area (Å²) in [5, 5.41) is 4.32. The molecular weight excluding hydrogens is 392 g/mol. The fourth-order valence-electron chi connectivity index (χ4n) is 3.37. The van der Waals surface area contributed by atoms with Gasteiger partial charge in [0.2, 0.25) is 0 Å². The third kappa shape index (κ3) is 8.08. The average molecular weight is 425 g/mol. The van der Waals surface area contributed by atoms with Gasteiger partial charge >= 0.3 is 0 Å². The lowest BCUT2D eigenvalue weighted by Crippen LogP contribution is -1.99.